The molecule has 0 aliphatic carbocycles. The third-order valence-corrected chi connectivity index (χ3v) is 1.58. The average molecular weight is 175 g/mol. The minimum absolute atomic E-state index is 0.234. The molecular weight excluding hydrogens is 170 g/mol. The fourth-order valence-electron chi connectivity index (χ4n) is 0.523. The van der Waals surface area contributed by atoms with Gasteiger partial charge in [-0.2, -0.15) is 0 Å². The molecule has 0 aliphatic rings. The lowest BCUT2D eigenvalue weighted by molar-refractivity contribution is 0.978. The molecule has 1 aromatic heterocycles. The summed E-state index contributed by atoms with van der Waals surface area (Å²) in [5, 5.41) is 0.551. The summed E-state index contributed by atoms with van der Waals surface area (Å²) in [6.07, 6.45) is 0. The molecule has 5 heteroatoms. The summed E-state index contributed by atoms with van der Waals surface area (Å²) in [5.74, 6) is 0.546. The summed E-state index contributed by atoms with van der Waals surface area (Å²) in [4.78, 5) is 7.62. The van der Waals surface area contributed by atoms with Crippen molar-refractivity contribution in [2.45, 2.75) is 11.9 Å². The zero-order chi connectivity index (χ0) is 7.72. The average Bonchev–Trinajstić information content (AvgIpc) is 1.82. The highest BCUT2D eigenvalue weighted by Crippen LogP contribution is 2.17. The van der Waals surface area contributed by atoms with E-state index in [4.69, 9.17) is 30.0 Å². The van der Waals surface area contributed by atoms with Crippen LogP contribution in [0.1, 0.15) is 5.82 Å². The Morgan fingerprint density at radius 1 is 1.50 bits per heavy atom. The van der Waals surface area contributed by atoms with Crippen LogP contribution in [-0.4, -0.2) is 9.97 Å². The van der Waals surface area contributed by atoms with E-state index in [0.29, 0.717) is 10.9 Å². The van der Waals surface area contributed by atoms with Crippen molar-refractivity contribution < 1.29 is 0 Å². The lowest BCUT2D eigenvalue weighted by atomic mass is 10.5. The molecule has 54 valence electrons. The Morgan fingerprint density at radius 3 is 2.60 bits per heavy atom. The summed E-state index contributed by atoms with van der Waals surface area (Å²) < 4.78 is 0. The number of anilines is 1. The first-order valence-corrected chi connectivity index (χ1v) is 3.36. The van der Waals surface area contributed by atoms with Crippen molar-refractivity contribution in [1.82, 2.24) is 9.97 Å². The molecule has 2 N–H and O–H groups in total. The predicted molar refractivity (Wildman–Crippen MR) is 41.8 cm³/mol. The number of halogens is 1. The summed E-state index contributed by atoms with van der Waals surface area (Å²) in [6.45, 7) is 1.71. The minimum atomic E-state index is 0.234. The first kappa shape index (κ1) is 7.50. The lowest BCUT2D eigenvalue weighted by Crippen LogP contribution is -1.98. The maximum absolute atomic E-state index is 5.58. The highest BCUT2D eigenvalue weighted by molar-refractivity contribution is 7.58. The van der Waals surface area contributed by atoms with E-state index in [1.54, 1.807) is 6.92 Å². The third-order valence-electron chi connectivity index (χ3n) is 0.976. The fourth-order valence-corrected chi connectivity index (χ4v) is 1.02. The summed E-state index contributed by atoms with van der Waals surface area (Å²) in [7, 11) is 0. The molecule has 0 fully saturated rings. The van der Waals surface area contributed by atoms with Gasteiger partial charge in [0.1, 0.15) is 5.82 Å². The molecule has 0 radical (unpaired) electrons. The van der Waals surface area contributed by atoms with Gasteiger partial charge in [0.2, 0.25) is 0 Å². The van der Waals surface area contributed by atoms with Crippen LogP contribution in [0.15, 0.2) is 5.03 Å². The van der Waals surface area contributed by atoms with E-state index >= 15 is 0 Å². The van der Waals surface area contributed by atoms with Crippen molar-refractivity contribution in [3.8, 4) is 0 Å². The van der Waals surface area contributed by atoms with Gasteiger partial charge in [0.25, 0.3) is 0 Å². The van der Waals surface area contributed by atoms with Crippen LogP contribution < -0.4 is 5.73 Å². The molecule has 0 saturated carbocycles. The van der Waals surface area contributed by atoms with Crippen molar-refractivity contribution in [2.75, 3.05) is 5.73 Å². The molecule has 0 aliphatic heterocycles. The highest BCUT2D eigenvalue weighted by atomic mass is 35.5. The van der Waals surface area contributed by atoms with E-state index in [-0.39, 0.29) is 10.8 Å². The number of aryl methyl sites for hydroxylation is 1. The number of rotatable bonds is 0. The molecule has 10 heavy (non-hydrogen) atoms. The molecule has 1 rings (SSSR count). The van der Waals surface area contributed by atoms with Crippen molar-refractivity contribution in [1.29, 1.82) is 0 Å². The van der Waals surface area contributed by atoms with Crippen LogP contribution in [0.25, 0.3) is 0 Å². The van der Waals surface area contributed by atoms with Gasteiger partial charge >= 0.3 is 0 Å². The largest absolute Gasteiger partial charge is 0.758 e. The monoisotopic (exact) mass is 174 g/mol. The van der Waals surface area contributed by atoms with Gasteiger partial charge in [0.05, 0.1) is 5.69 Å². The Balaban J connectivity index is 3.31. The van der Waals surface area contributed by atoms with Gasteiger partial charge in [0.15, 0.2) is 5.15 Å². The molecule has 0 bridgehead atoms. The molecule has 0 spiro atoms. The fraction of sp³-hybridized carbons (Fsp3) is 0.200. The van der Waals surface area contributed by atoms with Crippen molar-refractivity contribution in [3.63, 3.8) is 0 Å². The standard InChI is InChI=1S/C5H6ClN3S/c1-2-8-4(6)3(7)5(10)9-2/h7H2,1H3,(H,8,9,10)/p-1. The quantitative estimate of drug-likeness (QED) is 0.470. The van der Waals surface area contributed by atoms with E-state index < -0.39 is 0 Å². The van der Waals surface area contributed by atoms with Crippen LogP contribution in [0.4, 0.5) is 5.69 Å². The number of aromatic nitrogens is 2. The molecule has 3 nitrogen and oxygen atoms in total. The molecule has 0 aromatic carbocycles. The maximum atomic E-state index is 5.58. The second kappa shape index (κ2) is 2.56. The molecule has 0 atom stereocenters. The first-order chi connectivity index (χ1) is 4.61. The zero-order valence-corrected chi connectivity index (χ0v) is 6.83. The molecule has 0 saturated heterocycles. The van der Waals surface area contributed by atoms with E-state index in [0.717, 1.165) is 0 Å². The molecule has 0 amide bonds. The second-order valence-electron chi connectivity index (χ2n) is 1.78. The van der Waals surface area contributed by atoms with Gasteiger partial charge in [-0.3, -0.25) is 4.98 Å². The van der Waals surface area contributed by atoms with Crippen LogP contribution >= 0.6 is 11.6 Å². The van der Waals surface area contributed by atoms with E-state index in [1.807, 2.05) is 0 Å². The summed E-state index contributed by atoms with van der Waals surface area (Å²) >= 11 is 10.3. The molecular formula is C5H5ClN3S-. The van der Waals surface area contributed by atoms with Gasteiger partial charge in [-0.15, -0.1) is 0 Å². The third kappa shape index (κ3) is 1.27. The van der Waals surface area contributed by atoms with E-state index in [9.17, 15) is 0 Å². The van der Waals surface area contributed by atoms with Crippen molar-refractivity contribution >= 4 is 29.9 Å². The smallest absolute Gasteiger partial charge is 0.154 e. The molecule has 0 unspecified atom stereocenters. The van der Waals surface area contributed by atoms with E-state index in [2.05, 4.69) is 9.97 Å². The van der Waals surface area contributed by atoms with E-state index in [1.165, 1.54) is 0 Å². The minimum Gasteiger partial charge on any atom is -0.758 e. The zero-order valence-electron chi connectivity index (χ0n) is 5.26. The highest BCUT2D eigenvalue weighted by Gasteiger charge is 1.97. The van der Waals surface area contributed by atoms with Crippen molar-refractivity contribution in [2.24, 2.45) is 0 Å². The first-order valence-electron chi connectivity index (χ1n) is 2.58. The number of nitrogen functional groups attached to an aromatic ring is 1. The SMILES string of the molecule is Cc1nc([S-])c(N)c(Cl)n1. The predicted octanol–water partition coefficient (Wildman–Crippen LogP) is 0.926. The van der Waals surface area contributed by atoms with Crippen LogP contribution in [0.3, 0.4) is 0 Å². The normalized spacial score (nSPS) is 9.80. The van der Waals surface area contributed by atoms with Gasteiger partial charge in [-0.25, -0.2) is 4.98 Å². The lowest BCUT2D eigenvalue weighted by Gasteiger charge is -2.09. The molecule has 1 heterocycles. The topological polar surface area (TPSA) is 51.8 Å². The Kier molecular flexibility index (Phi) is 1.92. The Bertz CT molecular complexity index is 240. The summed E-state index contributed by atoms with van der Waals surface area (Å²) in [5.41, 5.74) is 5.67. The van der Waals surface area contributed by atoms with Gasteiger partial charge in [-0.1, -0.05) is 16.6 Å². The number of hydrogen-bond acceptors (Lipinski definition) is 4. The Morgan fingerprint density at radius 2 is 2.10 bits per heavy atom. The van der Waals surface area contributed by atoms with Crippen LogP contribution in [-0.2, 0) is 12.6 Å². The van der Waals surface area contributed by atoms with Crippen LogP contribution in [0.5, 0.6) is 0 Å². The van der Waals surface area contributed by atoms with Gasteiger partial charge in [0, 0.05) is 0 Å². The van der Waals surface area contributed by atoms with Crippen LogP contribution in [0, 0.1) is 6.92 Å². The summed E-state index contributed by atoms with van der Waals surface area (Å²) in [6, 6.07) is 0. The van der Waals surface area contributed by atoms with Crippen LogP contribution in [0.2, 0.25) is 5.15 Å². The Hall–Kier alpha value is -0.610. The number of nitrogens with zero attached hydrogens (tertiary/aromatic N) is 2. The maximum Gasteiger partial charge on any atom is 0.154 e. The number of nitrogens with two attached hydrogens (primary N) is 1. The van der Waals surface area contributed by atoms with Gasteiger partial charge < -0.3 is 18.4 Å². The second-order valence-corrected chi connectivity index (χ2v) is 2.53. The number of hydrogen-bond donors (Lipinski definition) is 1. The van der Waals surface area contributed by atoms with Gasteiger partial charge in [-0.05, 0) is 6.92 Å². The molecule has 1 aromatic rings. The van der Waals surface area contributed by atoms with Crippen molar-refractivity contribution in [3.05, 3.63) is 11.0 Å². The Labute approximate surface area is 69.0 Å².